The summed E-state index contributed by atoms with van der Waals surface area (Å²) in [7, 11) is 0. The molecule has 2 N–H and O–H groups in total. The van der Waals surface area contributed by atoms with E-state index in [1.165, 1.54) is 16.7 Å². The third kappa shape index (κ3) is 3.09. The Hall–Kier alpha value is -1.31. The van der Waals surface area contributed by atoms with Crippen molar-refractivity contribution in [1.29, 1.82) is 0 Å². The van der Waals surface area contributed by atoms with Crippen LogP contribution in [-0.4, -0.2) is 0 Å². The molecule has 0 aliphatic rings. The molecule has 0 amide bonds. The van der Waals surface area contributed by atoms with Crippen LogP contribution in [0.15, 0.2) is 54.6 Å². The zero-order valence-corrected chi connectivity index (χ0v) is 10.8. The molecule has 90 valence electrons. The van der Waals surface area contributed by atoms with Gasteiger partial charge in [-0.3, -0.25) is 0 Å². The van der Waals surface area contributed by atoms with Gasteiger partial charge >= 0.3 is 0 Å². The lowest BCUT2D eigenvalue weighted by atomic mass is 9.94. The molecule has 2 rings (SSSR count). The van der Waals surface area contributed by atoms with Crippen molar-refractivity contribution in [3.05, 3.63) is 60.2 Å². The van der Waals surface area contributed by atoms with E-state index in [0.29, 0.717) is 0 Å². The molecule has 0 bridgehead atoms. The van der Waals surface area contributed by atoms with Crippen molar-refractivity contribution >= 4 is 12.4 Å². The van der Waals surface area contributed by atoms with E-state index >= 15 is 0 Å². The minimum atomic E-state index is 0. The van der Waals surface area contributed by atoms with Crippen molar-refractivity contribution in [1.82, 2.24) is 0 Å². The van der Waals surface area contributed by atoms with Gasteiger partial charge in [-0.1, -0.05) is 61.5 Å². The normalized spacial score (nSPS) is 11.6. The predicted octanol–water partition coefficient (Wildman–Crippen LogP) is 4.19. The van der Waals surface area contributed by atoms with Gasteiger partial charge in [0, 0.05) is 6.04 Å². The van der Waals surface area contributed by atoms with Crippen molar-refractivity contribution in [2.24, 2.45) is 5.73 Å². The summed E-state index contributed by atoms with van der Waals surface area (Å²) < 4.78 is 0. The van der Waals surface area contributed by atoms with E-state index in [9.17, 15) is 0 Å². The van der Waals surface area contributed by atoms with Crippen LogP contribution in [-0.2, 0) is 0 Å². The van der Waals surface area contributed by atoms with Crippen LogP contribution in [0.5, 0.6) is 0 Å². The zero-order valence-electron chi connectivity index (χ0n) is 9.97. The molecule has 1 atom stereocenters. The molecule has 0 saturated carbocycles. The Morgan fingerprint density at radius 2 is 1.53 bits per heavy atom. The van der Waals surface area contributed by atoms with Crippen molar-refractivity contribution in [2.75, 3.05) is 0 Å². The summed E-state index contributed by atoms with van der Waals surface area (Å²) >= 11 is 0. The first-order chi connectivity index (χ1) is 7.83. The zero-order chi connectivity index (χ0) is 11.4. The number of hydrogen-bond acceptors (Lipinski definition) is 1. The third-order valence-corrected chi connectivity index (χ3v) is 2.88. The van der Waals surface area contributed by atoms with E-state index in [2.05, 4.69) is 55.5 Å². The van der Waals surface area contributed by atoms with Crippen LogP contribution in [0.3, 0.4) is 0 Å². The summed E-state index contributed by atoms with van der Waals surface area (Å²) in [5.41, 5.74) is 9.85. The number of nitrogens with two attached hydrogens (primary N) is 1. The maximum Gasteiger partial charge on any atom is 0.0298 e. The SMILES string of the molecule is CCC(N)c1ccccc1-c1ccccc1.Cl. The van der Waals surface area contributed by atoms with Gasteiger partial charge in [0.2, 0.25) is 0 Å². The molecule has 2 aromatic carbocycles. The van der Waals surface area contributed by atoms with E-state index < -0.39 is 0 Å². The summed E-state index contributed by atoms with van der Waals surface area (Å²) in [4.78, 5) is 0. The molecule has 0 heterocycles. The second-order valence-corrected chi connectivity index (χ2v) is 3.97. The number of hydrogen-bond donors (Lipinski definition) is 1. The summed E-state index contributed by atoms with van der Waals surface area (Å²) in [6, 6.07) is 18.9. The van der Waals surface area contributed by atoms with Gasteiger partial charge in [-0.05, 0) is 23.1 Å². The number of benzene rings is 2. The fourth-order valence-corrected chi connectivity index (χ4v) is 1.92. The largest absolute Gasteiger partial charge is 0.324 e. The van der Waals surface area contributed by atoms with E-state index in [0.717, 1.165) is 6.42 Å². The summed E-state index contributed by atoms with van der Waals surface area (Å²) in [6.45, 7) is 2.12. The topological polar surface area (TPSA) is 26.0 Å². The number of rotatable bonds is 3. The highest BCUT2D eigenvalue weighted by Crippen LogP contribution is 2.28. The molecule has 0 aromatic heterocycles. The Balaban J connectivity index is 0.00000144. The minimum Gasteiger partial charge on any atom is -0.324 e. The molecule has 0 fully saturated rings. The maximum absolute atomic E-state index is 6.13. The molecule has 1 unspecified atom stereocenters. The molecule has 0 saturated heterocycles. The molecule has 0 aliphatic heterocycles. The highest BCUT2D eigenvalue weighted by molar-refractivity contribution is 5.85. The smallest absolute Gasteiger partial charge is 0.0298 e. The van der Waals surface area contributed by atoms with Gasteiger partial charge in [0.05, 0.1) is 0 Å². The first-order valence-corrected chi connectivity index (χ1v) is 5.73. The van der Waals surface area contributed by atoms with Gasteiger partial charge in [-0.15, -0.1) is 12.4 Å². The second kappa shape index (κ2) is 6.43. The molecule has 2 heteroatoms. The molecular formula is C15H18ClN. The average Bonchev–Trinajstić information content (AvgIpc) is 2.39. The van der Waals surface area contributed by atoms with E-state index in [1.807, 2.05) is 6.07 Å². The first-order valence-electron chi connectivity index (χ1n) is 5.73. The van der Waals surface area contributed by atoms with Gasteiger partial charge in [-0.25, -0.2) is 0 Å². The standard InChI is InChI=1S/C15H17N.ClH/c1-2-15(16)14-11-7-6-10-13(14)12-8-4-3-5-9-12;/h3-11,15H,2,16H2,1H3;1H. The molecule has 0 aliphatic carbocycles. The molecular weight excluding hydrogens is 230 g/mol. The Morgan fingerprint density at radius 1 is 0.941 bits per heavy atom. The Morgan fingerprint density at radius 3 is 2.18 bits per heavy atom. The first kappa shape index (κ1) is 13.8. The van der Waals surface area contributed by atoms with Crippen LogP contribution in [0, 0.1) is 0 Å². The molecule has 2 aromatic rings. The maximum atomic E-state index is 6.13. The highest BCUT2D eigenvalue weighted by Gasteiger charge is 2.09. The van der Waals surface area contributed by atoms with E-state index in [1.54, 1.807) is 0 Å². The monoisotopic (exact) mass is 247 g/mol. The lowest BCUT2D eigenvalue weighted by Crippen LogP contribution is -2.09. The quantitative estimate of drug-likeness (QED) is 0.865. The van der Waals surface area contributed by atoms with Gasteiger partial charge in [0.1, 0.15) is 0 Å². The lowest BCUT2D eigenvalue weighted by Gasteiger charge is -2.14. The summed E-state index contributed by atoms with van der Waals surface area (Å²) in [5.74, 6) is 0. The highest BCUT2D eigenvalue weighted by atomic mass is 35.5. The van der Waals surface area contributed by atoms with Crippen molar-refractivity contribution < 1.29 is 0 Å². The van der Waals surface area contributed by atoms with Crippen LogP contribution >= 0.6 is 12.4 Å². The summed E-state index contributed by atoms with van der Waals surface area (Å²) in [5, 5.41) is 0. The Labute approximate surface area is 109 Å². The average molecular weight is 248 g/mol. The van der Waals surface area contributed by atoms with E-state index in [-0.39, 0.29) is 18.4 Å². The number of halogens is 1. The van der Waals surface area contributed by atoms with Crippen molar-refractivity contribution in [3.63, 3.8) is 0 Å². The van der Waals surface area contributed by atoms with Crippen LogP contribution in [0.25, 0.3) is 11.1 Å². The van der Waals surface area contributed by atoms with Crippen LogP contribution < -0.4 is 5.73 Å². The third-order valence-electron chi connectivity index (χ3n) is 2.88. The fraction of sp³-hybridized carbons (Fsp3) is 0.200. The minimum absolute atomic E-state index is 0. The molecule has 1 nitrogen and oxygen atoms in total. The lowest BCUT2D eigenvalue weighted by molar-refractivity contribution is 0.700. The molecule has 0 radical (unpaired) electrons. The second-order valence-electron chi connectivity index (χ2n) is 3.97. The van der Waals surface area contributed by atoms with Crippen LogP contribution in [0.2, 0.25) is 0 Å². The predicted molar refractivity (Wildman–Crippen MR) is 76.3 cm³/mol. The van der Waals surface area contributed by atoms with Gasteiger partial charge in [0.25, 0.3) is 0 Å². The van der Waals surface area contributed by atoms with Crippen molar-refractivity contribution in [3.8, 4) is 11.1 Å². The van der Waals surface area contributed by atoms with Crippen LogP contribution in [0.1, 0.15) is 24.9 Å². The van der Waals surface area contributed by atoms with E-state index in [4.69, 9.17) is 5.73 Å². The molecule has 17 heavy (non-hydrogen) atoms. The van der Waals surface area contributed by atoms with Crippen molar-refractivity contribution in [2.45, 2.75) is 19.4 Å². The van der Waals surface area contributed by atoms with Crippen LogP contribution in [0.4, 0.5) is 0 Å². The van der Waals surface area contributed by atoms with Gasteiger partial charge in [0.15, 0.2) is 0 Å². The van der Waals surface area contributed by atoms with Gasteiger partial charge < -0.3 is 5.73 Å². The Kier molecular flexibility index (Phi) is 5.20. The van der Waals surface area contributed by atoms with Gasteiger partial charge in [-0.2, -0.15) is 0 Å². The molecule has 0 spiro atoms. The summed E-state index contributed by atoms with van der Waals surface area (Å²) in [6.07, 6.45) is 0.962. The fourth-order valence-electron chi connectivity index (χ4n) is 1.92. The Bertz CT molecular complexity index is 453.